The largest absolute Gasteiger partial charge is 0.493 e. The molecule has 7 nitrogen and oxygen atoms in total. The van der Waals surface area contributed by atoms with Gasteiger partial charge in [0.1, 0.15) is 18.2 Å². The highest BCUT2D eigenvalue weighted by molar-refractivity contribution is 5.88. The normalized spacial score (nSPS) is 19.0. The number of hydrogen-bond acceptors (Lipinski definition) is 4. The van der Waals surface area contributed by atoms with Crippen LogP contribution >= 0.6 is 0 Å². The van der Waals surface area contributed by atoms with Crippen molar-refractivity contribution in [3.8, 4) is 17.3 Å². The van der Waals surface area contributed by atoms with Crippen molar-refractivity contribution in [1.82, 2.24) is 19.7 Å². The molecule has 5 rings (SSSR count). The number of ether oxygens (including phenoxy) is 2. The van der Waals surface area contributed by atoms with Gasteiger partial charge in [-0.15, -0.1) is 0 Å². The average Bonchev–Trinajstić information content (AvgIpc) is 3.14. The van der Waals surface area contributed by atoms with Crippen LogP contribution in [0.15, 0.2) is 30.5 Å². The van der Waals surface area contributed by atoms with Crippen LogP contribution in [0.2, 0.25) is 0 Å². The van der Waals surface area contributed by atoms with Crippen molar-refractivity contribution in [2.45, 2.75) is 45.2 Å². The zero-order valence-electron chi connectivity index (χ0n) is 16.9. The van der Waals surface area contributed by atoms with E-state index in [-0.39, 0.29) is 11.9 Å². The zero-order valence-corrected chi connectivity index (χ0v) is 16.9. The third-order valence-corrected chi connectivity index (χ3v) is 5.93. The summed E-state index contributed by atoms with van der Waals surface area (Å²) >= 11 is 0. The van der Waals surface area contributed by atoms with E-state index in [0.717, 1.165) is 46.9 Å². The van der Waals surface area contributed by atoms with Gasteiger partial charge in [-0.25, -0.2) is 4.68 Å². The Morgan fingerprint density at radius 3 is 2.79 bits per heavy atom. The minimum absolute atomic E-state index is 0.0849. The molecule has 0 unspecified atom stereocenters. The highest BCUT2D eigenvalue weighted by Gasteiger charge is 2.27. The molecule has 29 heavy (non-hydrogen) atoms. The van der Waals surface area contributed by atoms with E-state index in [4.69, 9.17) is 9.47 Å². The van der Waals surface area contributed by atoms with Crippen molar-refractivity contribution >= 4 is 16.8 Å². The lowest BCUT2D eigenvalue weighted by Crippen LogP contribution is -2.30. The van der Waals surface area contributed by atoms with Crippen molar-refractivity contribution in [3.63, 3.8) is 0 Å². The van der Waals surface area contributed by atoms with Gasteiger partial charge in [0.25, 0.3) is 0 Å². The topological polar surface area (TPSA) is 70.3 Å². The fraction of sp³-hybridized carbons (Fsp3) is 0.455. The summed E-state index contributed by atoms with van der Waals surface area (Å²) in [5, 5.41) is 8.68. The van der Waals surface area contributed by atoms with Gasteiger partial charge in [-0.05, 0) is 44.2 Å². The first kappa shape index (κ1) is 18.1. The smallest absolute Gasteiger partial charge is 0.220 e. The molecule has 1 aliphatic heterocycles. The maximum Gasteiger partial charge on any atom is 0.220 e. The zero-order chi connectivity index (χ0) is 20.0. The molecule has 0 spiro atoms. The van der Waals surface area contributed by atoms with E-state index in [2.05, 4.69) is 27.1 Å². The van der Waals surface area contributed by atoms with Crippen molar-refractivity contribution in [2.75, 3.05) is 13.7 Å². The first-order valence-electron chi connectivity index (χ1n) is 10.3. The molecule has 3 heterocycles. The molecule has 1 amide bonds. The number of benzene rings is 1. The first-order chi connectivity index (χ1) is 14.1. The van der Waals surface area contributed by atoms with Crippen LogP contribution in [0.3, 0.4) is 0 Å². The molecule has 3 aromatic rings. The molecule has 1 N–H and O–H groups in total. The van der Waals surface area contributed by atoms with E-state index in [1.807, 2.05) is 23.7 Å². The highest BCUT2D eigenvalue weighted by Crippen LogP contribution is 2.37. The second-order valence-electron chi connectivity index (χ2n) is 8.07. The van der Waals surface area contributed by atoms with E-state index in [9.17, 15) is 4.79 Å². The summed E-state index contributed by atoms with van der Waals surface area (Å²) in [7, 11) is 1.67. The van der Waals surface area contributed by atoms with E-state index < -0.39 is 0 Å². The van der Waals surface area contributed by atoms with Gasteiger partial charge >= 0.3 is 0 Å². The summed E-state index contributed by atoms with van der Waals surface area (Å²) in [5.74, 6) is 3.47. The van der Waals surface area contributed by atoms with Crippen LogP contribution in [-0.4, -0.2) is 40.0 Å². The predicted octanol–water partition coefficient (Wildman–Crippen LogP) is 3.21. The van der Waals surface area contributed by atoms with Gasteiger partial charge in [0.2, 0.25) is 5.91 Å². The molecule has 2 aliphatic rings. The second kappa shape index (κ2) is 7.13. The number of amides is 1. The minimum Gasteiger partial charge on any atom is -0.493 e. The molecule has 1 saturated carbocycles. The number of nitrogens with zero attached hydrogens (tertiary/aromatic N) is 3. The van der Waals surface area contributed by atoms with E-state index in [1.54, 1.807) is 13.3 Å². The molecule has 1 saturated heterocycles. The molecule has 7 heteroatoms. The van der Waals surface area contributed by atoms with Crippen molar-refractivity contribution < 1.29 is 14.3 Å². The summed E-state index contributed by atoms with van der Waals surface area (Å²) < 4.78 is 15.9. The molecule has 152 valence electrons. The van der Waals surface area contributed by atoms with Gasteiger partial charge < -0.3 is 19.4 Å². The minimum atomic E-state index is 0.0849. The van der Waals surface area contributed by atoms with Crippen LogP contribution in [0, 0.1) is 12.8 Å². The van der Waals surface area contributed by atoms with E-state index in [0.29, 0.717) is 18.9 Å². The third kappa shape index (κ3) is 3.34. The Balaban J connectivity index is 1.55. The Morgan fingerprint density at radius 2 is 2.10 bits per heavy atom. The lowest BCUT2D eigenvalue weighted by molar-refractivity contribution is -0.119. The second-order valence-corrected chi connectivity index (χ2v) is 8.07. The molecular formula is C22H26N4O3. The number of methoxy groups -OCH3 is 1. The first-order valence-corrected chi connectivity index (χ1v) is 10.3. The Labute approximate surface area is 169 Å². The summed E-state index contributed by atoms with van der Waals surface area (Å²) in [5.41, 5.74) is 2.07. The lowest BCUT2D eigenvalue weighted by atomic mass is 10.2. The highest BCUT2D eigenvalue weighted by atomic mass is 16.5. The van der Waals surface area contributed by atoms with Crippen LogP contribution in [0.4, 0.5) is 0 Å². The Bertz CT molecular complexity index is 1060. The fourth-order valence-electron chi connectivity index (χ4n) is 4.13. The maximum atomic E-state index is 11.5. The molecule has 2 fully saturated rings. The standard InChI is InChI=1S/C22H26N4O3/c1-14-19(28-2)11-23-26(14)21-10-16-4-3-5-18(22(16)25(21)12-15-6-7-15)29-13-17-8-9-20(27)24-17/h3-5,10-11,15,17H,6-9,12-13H2,1-2H3,(H,24,27)/t17-/m1/s1. The van der Waals surface area contributed by atoms with Crippen LogP contribution in [-0.2, 0) is 11.3 Å². The van der Waals surface area contributed by atoms with Crippen LogP contribution in [0.25, 0.3) is 16.7 Å². The van der Waals surface area contributed by atoms with Crippen LogP contribution in [0.1, 0.15) is 31.4 Å². The number of aromatic nitrogens is 3. The monoisotopic (exact) mass is 394 g/mol. The van der Waals surface area contributed by atoms with Gasteiger partial charge in [0.05, 0.1) is 30.6 Å². The van der Waals surface area contributed by atoms with Gasteiger partial charge in [-0.2, -0.15) is 5.10 Å². The average molecular weight is 394 g/mol. The summed E-state index contributed by atoms with van der Waals surface area (Å²) in [4.78, 5) is 11.5. The number of carbonyl (C=O) groups excluding carboxylic acids is 1. The van der Waals surface area contributed by atoms with Gasteiger partial charge in [0, 0.05) is 18.4 Å². The number of fused-ring (bicyclic) bond motifs is 1. The predicted molar refractivity (Wildman–Crippen MR) is 110 cm³/mol. The van der Waals surface area contributed by atoms with Crippen molar-refractivity contribution in [2.24, 2.45) is 5.92 Å². The fourth-order valence-corrected chi connectivity index (χ4v) is 4.13. The van der Waals surface area contributed by atoms with Crippen LogP contribution < -0.4 is 14.8 Å². The van der Waals surface area contributed by atoms with Gasteiger partial charge in [-0.1, -0.05) is 12.1 Å². The van der Waals surface area contributed by atoms with E-state index in [1.165, 1.54) is 12.8 Å². The van der Waals surface area contributed by atoms with Gasteiger partial charge in [0.15, 0.2) is 5.75 Å². The molecule has 0 bridgehead atoms. The molecule has 0 radical (unpaired) electrons. The van der Waals surface area contributed by atoms with Crippen molar-refractivity contribution in [3.05, 3.63) is 36.2 Å². The SMILES string of the molecule is COc1cnn(-c2cc3cccc(OC[C@H]4CCC(=O)N4)c3n2CC2CC2)c1C. The lowest BCUT2D eigenvalue weighted by Gasteiger charge is -2.16. The Hall–Kier alpha value is -2.96. The molecule has 1 aromatic carbocycles. The Kier molecular flexibility index (Phi) is 4.45. The van der Waals surface area contributed by atoms with Crippen molar-refractivity contribution in [1.29, 1.82) is 0 Å². The molecule has 1 aliphatic carbocycles. The number of para-hydroxylation sites is 1. The van der Waals surface area contributed by atoms with Gasteiger partial charge in [-0.3, -0.25) is 4.79 Å². The third-order valence-electron chi connectivity index (χ3n) is 5.93. The molecular weight excluding hydrogens is 368 g/mol. The quantitative estimate of drug-likeness (QED) is 0.668. The number of rotatable bonds is 7. The number of nitrogens with one attached hydrogen (secondary N) is 1. The number of carbonyl (C=O) groups is 1. The summed E-state index contributed by atoms with van der Waals surface area (Å²) in [6.45, 7) is 3.45. The maximum absolute atomic E-state index is 11.5. The van der Waals surface area contributed by atoms with Crippen LogP contribution in [0.5, 0.6) is 11.5 Å². The van der Waals surface area contributed by atoms with E-state index >= 15 is 0 Å². The molecule has 2 aromatic heterocycles. The Morgan fingerprint density at radius 1 is 1.24 bits per heavy atom. The molecule has 1 atom stereocenters. The summed E-state index contributed by atoms with van der Waals surface area (Å²) in [6.07, 6.45) is 5.69. The number of hydrogen-bond donors (Lipinski definition) is 1. The summed E-state index contributed by atoms with van der Waals surface area (Å²) in [6, 6.07) is 8.40.